The summed E-state index contributed by atoms with van der Waals surface area (Å²) < 4.78 is 2.57. The van der Waals surface area contributed by atoms with Crippen molar-refractivity contribution in [2.45, 2.75) is 39.2 Å². The van der Waals surface area contributed by atoms with Crippen molar-refractivity contribution < 1.29 is 4.79 Å². The van der Waals surface area contributed by atoms with E-state index in [1.54, 1.807) is 0 Å². The summed E-state index contributed by atoms with van der Waals surface area (Å²) in [5.74, 6) is -0.307. The van der Waals surface area contributed by atoms with Crippen LogP contribution < -0.4 is 5.73 Å². The molecule has 0 spiro atoms. The fourth-order valence-electron chi connectivity index (χ4n) is 1.46. The molecule has 1 amide bonds. The number of aromatic nitrogens is 2. The maximum atomic E-state index is 10.7. The molecule has 1 heterocycles. The fraction of sp³-hybridized carbons (Fsp3) is 0.600. The lowest BCUT2D eigenvalue weighted by Crippen LogP contribution is -2.20. The summed E-state index contributed by atoms with van der Waals surface area (Å²) >= 11 is 5.15. The van der Waals surface area contributed by atoms with Crippen molar-refractivity contribution in [3.05, 3.63) is 16.7 Å². The van der Waals surface area contributed by atoms with Crippen molar-refractivity contribution in [1.29, 1.82) is 0 Å². The number of primary amides is 1. The van der Waals surface area contributed by atoms with Crippen LogP contribution in [0.1, 0.15) is 32.9 Å². The van der Waals surface area contributed by atoms with Gasteiger partial charge in [-0.05, 0) is 12.2 Å². The third kappa shape index (κ3) is 2.92. The number of imidazole rings is 1. The summed E-state index contributed by atoms with van der Waals surface area (Å²) in [6.45, 7) is 6.85. The van der Waals surface area contributed by atoms with E-state index in [4.69, 9.17) is 18.0 Å². The average Bonchev–Trinajstić information content (AvgIpc) is 2.42. The highest BCUT2D eigenvalue weighted by Crippen LogP contribution is 2.22. The molecular weight excluding hydrogens is 210 g/mol. The number of hydrogen-bond acceptors (Lipinski definition) is 2. The summed E-state index contributed by atoms with van der Waals surface area (Å²) in [6.07, 6.45) is 2.21. The van der Waals surface area contributed by atoms with Crippen molar-refractivity contribution in [3.8, 4) is 0 Å². The number of rotatable bonds is 3. The zero-order valence-electron chi connectivity index (χ0n) is 9.33. The molecule has 0 saturated carbocycles. The molecule has 0 atom stereocenters. The molecule has 0 aliphatic heterocycles. The van der Waals surface area contributed by atoms with Gasteiger partial charge in [-0.2, -0.15) is 0 Å². The van der Waals surface area contributed by atoms with Gasteiger partial charge in [-0.15, -0.1) is 0 Å². The number of nitrogens with two attached hydrogens (primary N) is 1. The number of carbonyl (C=O) groups is 1. The molecule has 3 N–H and O–H groups in total. The Morgan fingerprint density at radius 1 is 1.60 bits per heavy atom. The van der Waals surface area contributed by atoms with Gasteiger partial charge in [-0.3, -0.25) is 4.79 Å². The lowest BCUT2D eigenvalue weighted by Gasteiger charge is -2.20. The second-order valence-electron chi connectivity index (χ2n) is 4.60. The minimum Gasteiger partial charge on any atom is -0.370 e. The van der Waals surface area contributed by atoms with Crippen LogP contribution in [0.5, 0.6) is 0 Å². The summed E-state index contributed by atoms with van der Waals surface area (Å²) in [5.41, 5.74) is 6.22. The van der Waals surface area contributed by atoms with Gasteiger partial charge in [0.25, 0.3) is 0 Å². The van der Waals surface area contributed by atoms with Gasteiger partial charge >= 0.3 is 0 Å². The Kier molecular flexibility index (Phi) is 3.34. The molecule has 1 aromatic rings. The quantitative estimate of drug-likeness (QED) is 0.772. The van der Waals surface area contributed by atoms with Gasteiger partial charge in [0, 0.05) is 30.3 Å². The standard InChI is InChI=1S/C10H17N3OS/c1-10(2,3)7-6-12-9(15)13(7)5-4-8(11)14/h6H,4-5H2,1-3H3,(H2,11,14)(H,12,15). The number of amides is 1. The van der Waals surface area contributed by atoms with Gasteiger partial charge in [0.15, 0.2) is 4.77 Å². The molecule has 1 rings (SSSR count). The summed E-state index contributed by atoms with van der Waals surface area (Å²) in [5, 5.41) is 0. The Morgan fingerprint density at radius 3 is 2.67 bits per heavy atom. The molecule has 0 fully saturated rings. The first kappa shape index (κ1) is 12.0. The smallest absolute Gasteiger partial charge is 0.219 e. The number of nitrogens with zero attached hydrogens (tertiary/aromatic N) is 1. The van der Waals surface area contributed by atoms with E-state index in [0.29, 0.717) is 17.7 Å². The Balaban J connectivity index is 3.00. The zero-order valence-corrected chi connectivity index (χ0v) is 10.1. The van der Waals surface area contributed by atoms with Crippen LogP contribution in [0.25, 0.3) is 0 Å². The summed E-state index contributed by atoms with van der Waals surface area (Å²) in [7, 11) is 0. The molecule has 4 nitrogen and oxygen atoms in total. The van der Waals surface area contributed by atoms with E-state index in [1.165, 1.54) is 0 Å². The highest BCUT2D eigenvalue weighted by atomic mass is 32.1. The second kappa shape index (κ2) is 4.18. The summed E-state index contributed by atoms with van der Waals surface area (Å²) in [6, 6.07) is 0. The minimum absolute atomic E-state index is 0.00516. The van der Waals surface area contributed by atoms with E-state index in [9.17, 15) is 4.79 Å². The van der Waals surface area contributed by atoms with Crippen LogP contribution in [-0.4, -0.2) is 15.5 Å². The number of hydrogen-bond donors (Lipinski definition) is 2. The van der Waals surface area contributed by atoms with Gasteiger partial charge in [0.2, 0.25) is 5.91 Å². The molecule has 0 radical (unpaired) electrons. The molecule has 1 aromatic heterocycles. The van der Waals surface area contributed by atoms with Crippen LogP contribution >= 0.6 is 12.2 Å². The molecule has 0 aliphatic rings. The van der Waals surface area contributed by atoms with Crippen LogP contribution in [0.4, 0.5) is 0 Å². The van der Waals surface area contributed by atoms with E-state index in [2.05, 4.69) is 25.8 Å². The van der Waals surface area contributed by atoms with Crippen molar-refractivity contribution >= 4 is 18.1 Å². The molecule has 0 unspecified atom stereocenters. The Hall–Kier alpha value is -1.10. The third-order valence-electron chi connectivity index (χ3n) is 2.22. The van der Waals surface area contributed by atoms with Crippen LogP contribution in [0.15, 0.2) is 6.20 Å². The normalized spacial score (nSPS) is 11.7. The van der Waals surface area contributed by atoms with E-state index < -0.39 is 0 Å². The van der Waals surface area contributed by atoms with E-state index >= 15 is 0 Å². The van der Waals surface area contributed by atoms with Crippen molar-refractivity contribution in [1.82, 2.24) is 9.55 Å². The van der Waals surface area contributed by atoms with Gasteiger partial charge in [0.1, 0.15) is 0 Å². The van der Waals surface area contributed by atoms with Gasteiger partial charge in [-0.25, -0.2) is 0 Å². The van der Waals surface area contributed by atoms with Crippen molar-refractivity contribution in [2.24, 2.45) is 5.73 Å². The first-order valence-electron chi connectivity index (χ1n) is 4.89. The first-order valence-corrected chi connectivity index (χ1v) is 5.30. The van der Waals surface area contributed by atoms with Crippen molar-refractivity contribution in [3.63, 3.8) is 0 Å². The minimum atomic E-state index is -0.307. The predicted molar refractivity (Wildman–Crippen MR) is 62.1 cm³/mol. The number of nitrogens with one attached hydrogen (secondary N) is 1. The topological polar surface area (TPSA) is 63.8 Å². The molecule has 15 heavy (non-hydrogen) atoms. The maximum absolute atomic E-state index is 10.7. The Morgan fingerprint density at radius 2 is 2.20 bits per heavy atom. The number of H-pyrrole nitrogens is 1. The van der Waals surface area contributed by atoms with E-state index in [0.717, 1.165) is 5.69 Å². The van der Waals surface area contributed by atoms with Crippen LogP contribution in [0.2, 0.25) is 0 Å². The number of aromatic amines is 1. The maximum Gasteiger partial charge on any atom is 0.219 e. The van der Waals surface area contributed by atoms with Crippen molar-refractivity contribution in [2.75, 3.05) is 0 Å². The Labute approximate surface area is 94.5 Å². The molecule has 0 bridgehead atoms. The molecule has 0 aliphatic carbocycles. The average molecular weight is 227 g/mol. The molecular formula is C10H17N3OS. The van der Waals surface area contributed by atoms with Crippen LogP contribution in [-0.2, 0) is 16.8 Å². The van der Waals surface area contributed by atoms with Gasteiger partial charge in [-0.1, -0.05) is 20.8 Å². The van der Waals surface area contributed by atoms with Gasteiger partial charge in [0.05, 0.1) is 0 Å². The van der Waals surface area contributed by atoms with E-state index in [-0.39, 0.29) is 11.3 Å². The van der Waals surface area contributed by atoms with E-state index in [1.807, 2.05) is 10.8 Å². The Bertz CT molecular complexity index is 411. The molecule has 84 valence electrons. The fourth-order valence-corrected chi connectivity index (χ4v) is 1.71. The number of carbonyl (C=O) groups excluding carboxylic acids is 1. The van der Waals surface area contributed by atoms with Crippen LogP contribution in [0, 0.1) is 4.77 Å². The van der Waals surface area contributed by atoms with Crippen LogP contribution in [0.3, 0.4) is 0 Å². The SMILES string of the molecule is CC(C)(C)c1c[nH]c(=S)n1CCC(N)=O. The van der Waals surface area contributed by atoms with Gasteiger partial charge < -0.3 is 15.3 Å². The zero-order chi connectivity index (χ0) is 11.6. The first-order chi connectivity index (χ1) is 6.82. The lowest BCUT2D eigenvalue weighted by molar-refractivity contribution is -0.118. The highest BCUT2D eigenvalue weighted by Gasteiger charge is 2.19. The molecule has 0 aromatic carbocycles. The monoisotopic (exact) mass is 227 g/mol. The summed E-state index contributed by atoms with van der Waals surface area (Å²) in [4.78, 5) is 13.7. The largest absolute Gasteiger partial charge is 0.370 e. The third-order valence-corrected chi connectivity index (χ3v) is 2.56. The second-order valence-corrected chi connectivity index (χ2v) is 4.98. The molecule has 0 saturated heterocycles. The molecule has 5 heteroatoms. The lowest BCUT2D eigenvalue weighted by atomic mass is 9.92. The highest BCUT2D eigenvalue weighted by molar-refractivity contribution is 7.71. The predicted octanol–water partition coefficient (Wildman–Crippen LogP) is 1.72.